The third kappa shape index (κ3) is 7.92. The van der Waals surface area contributed by atoms with Crippen molar-refractivity contribution in [3.63, 3.8) is 0 Å². The van der Waals surface area contributed by atoms with Crippen molar-refractivity contribution in [1.29, 1.82) is 0 Å². The summed E-state index contributed by atoms with van der Waals surface area (Å²) in [6.07, 6.45) is 6.82. The van der Waals surface area contributed by atoms with E-state index in [0.717, 1.165) is 31.9 Å². The maximum atomic E-state index is 14.7. The number of carbonyl (C=O) groups excluding carboxylic acids is 1. The summed E-state index contributed by atoms with van der Waals surface area (Å²) < 4.78 is 51.0. The zero-order valence-electron chi connectivity index (χ0n) is 31.9. The lowest BCUT2D eigenvalue weighted by Crippen LogP contribution is -2.61. The topological polar surface area (TPSA) is 128 Å². The van der Waals surface area contributed by atoms with E-state index in [1.165, 1.54) is 49.8 Å². The summed E-state index contributed by atoms with van der Waals surface area (Å²) in [4.78, 5) is 43.8. The largest absolute Gasteiger partial charge is 0.409 e. The van der Waals surface area contributed by atoms with Crippen LogP contribution in [-0.2, 0) is 49.0 Å². The van der Waals surface area contributed by atoms with Crippen LogP contribution in [0.2, 0.25) is 0 Å². The second-order valence-corrected chi connectivity index (χ2v) is 16.3. The number of aromatic nitrogens is 3. The van der Waals surface area contributed by atoms with Crippen LogP contribution >= 0.6 is 11.3 Å². The van der Waals surface area contributed by atoms with Crippen LogP contribution < -0.4 is 26.0 Å². The fourth-order valence-electron chi connectivity index (χ4n) is 8.79. The Balaban J connectivity index is 1.09. The lowest BCUT2D eigenvalue weighted by atomic mass is 9.92. The van der Waals surface area contributed by atoms with Gasteiger partial charge in [-0.05, 0) is 86.4 Å². The number of piperazine rings is 1. The van der Waals surface area contributed by atoms with E-state index in [1.807, 2.05) is 16.2 Å². The van der Waals surface area contributed by atoms with Crippen molar-refractivity contribution in [2.24, 2.45) is 7.05 Å². The van der Waals surface area contributed by atoms with E-state index >= 15 is 0 Å². The van der Waals surface area contributed by atoms with E-state index in [0.29, 0.717) is 67.5 Å². The molecule has 4 aliphatic rings. The first kappa shape index (κ1) is 39.1. The molecule has 1 aliphatic carbocycles. The van der Waals surface area contributed by atoms with Gasteiger partial charge in [-0.2, -0.15) is 13.2 Å². The van der Waals surface area contributed by atoms with Gasteiger partial charge in [-0.15, -0.1) is 11.3 Å². The van der Waals surface area contributed by atoms with E-state index in [-0.39, 0.29) is 42.9 Å². The van der Waals surface area contributed by atoms with Crippen molar-refractivity contribution in [1.82, 2.24) is 19.4 Å². The highest BCUT2D eigenvalue weighted by atomic mass is 32.1. The molecule has 0 radical (unpaired) electrons. The number of pyridine rings is 1. The molecule has 1 aromatic carbocycles. The molecule has 1 amide bonds. The number of nitrogens with one attached hydrogen (secondary N) is 2. The molecule has 8 rings (SSSR count). The minimum Gasteiger partial charge on any atom is -0.392 e. The second kappa shape index (κ2) is 16.2. The van der Waals surface area contributed by atoms with Gasteiger partial charge in [-0.3, -0.25) is 14.5 Å². The molecule has 3 aliphatic heterocycles. The SMILES string of the molecule is C=CC(=O)Nc1cc(Nc2nc(-c3ccnc(N4CCc5c(sc6c5CCCC6)C4)c3CO)cn(C)c2=O)ccc1N1CCN(C2CCOCC2)C[C@@H]1C(F)(F)F. The molecule has 0 unspecified atom stereocenters. The number of carbonyl (C=O) groups is 1. The third-order valence-corrected chi connectivity index (χ3v) is 13.0. The highest BCUT2D eigenvalue weighted by Crippen LogP contribution is 2.41. The van der Waals surface area contributed by atoms with Crippen LogP contribution in [0.3, 0.4) is 0 Å². The Bertz CT molecular complexity index is 2220. The molecule has 16 heteroatoms. The van der Waals surface area contributed by atoms with E-state index in [1.54, 1.807) is 37.1 Å². The number of benzene rings is 1. The molecule has 1 atom stereocenters. The van der Waals surface area contributed by atoms with Crippen LogP contribution in [0.5, 0.6) is 0 Å². The number of fused-ring (bicyclic) bond motifs is 3. The Hall–Kier alpha value is -4.77. The van der Waals surface area contributed by atoms with Crippen molar-refractivity contribution in [3.8, 4) is 11.3 Å². The molecule has 2 fully saturated rings. The normalized spacial score (nSPS) is 19.2. The van der Waals surface area contributed by atoms with E-state index in [4.69, 9.17) is 14.7 Å². The number of aryl methyl sites for hydroxylation is 2. The number of halogens is 3. The Morgan fingerprint density at radius 2 is 1.88 bits per heavy atom. The quantitative estimate of drug-likeness (QED) is 0.175. The van der Waals surface area contributed by atoms with Gasteiger partial charge in [0.1, 0.15) is 11.9 Å². The van der Waals surface area contributed by atoms with Crippen LogP contribution in [0.15, 0.2) is 54.1 Å². The molecule has 0 bridgehead atoms. The van der Waals surface area contributed by atoms with Crippen molar-refractivity contribution in [3.05, 3.63) is 86.1 Å². The predicted molar refractivity (Wildman–Crippen MR) is 216 cm³/mol. The number of aliphatic hydroxyl groups is 1. The van der Waals surface area contributed by atoms with Crippen LogP contribution in [-0.4, -0.2) is 88.1 Å². The second-order valence-electron chi connectivity index (χ2n) is 15.1. The first-order valence-corrected chi connectivity index (χ1v) is 20.4. The number of hydrogen-bond acceptors (Lipinski definition) is 11. The number of rotatable bonds is 9. The molecule has 3 aromatic heterocycles. The lowest BCUT2D eigenvalue weighted by Gasteiger charge is -2.47. The molecule has 57 heavy (non-hydrogen) atoms. The summed E-state index contributed by atoms with van der Waals surface area (Å²) in [7, 11) is 1.60. The predicted octanol–water partition coefficient (Wildman–Crippen LogP) is 5.94. The molecule has 3 N–H and O–H groups in total. The number of ether oxygens (including phenoxy) is 1. The van der Waals surface area contributed by atoms with Gasteiger partial charge in [0.15, 0.2) is 5.82 Å². The monoisotopic (exact) mass is 804 g/mol. The molecular formula is C41H47F3N8O4S. The average Bonchev–Trinajstić information content (AvgIpc) is 3.60. The van der Waals surface area contributed by atoms with Crippen LogP contribution in [0.1, 0.15) is 52.1 Å². The molecule has 6 heterocycles. The number of nitrogens with zero attached hydrogens (tertiary/aromatic N) is 6. The maximum absolute atomic E-state index is 14.7. The maximum Gasteiger partial charge on any atom is 0.409 e. The first-order valence-electron chi connectivity index (χ1n) is 19.6. The van der Waals surface area contributed by atoms with Crippen LogP contribution in [0.25, 0.3) is 11.3 Å². The third-order valence-electron chi connectivity index (χ3n) is 11.7. The van der Waals surface area contributed by atoms with Gasteiger partial charge >= 0.3 is 6.18 Å². The van der Waals surface area contributed by atoms with Gasteiger partial charge in [0.05, 0.1) is 30.2 Å². The average molecular weight is 805 g/mol. The summed E-state index contributed by atoms with van der Waals surface area (Å²) in [5.41, 5.74) is 4.85. The lowest BCUT2D eigenvalue weighted by molar-refractivity contribution is -0.159. The summed E-state index contributed by atoms with van der Waals surface area (Å²) >= 11 is 1.90. The van der Waals surface area contributed by atoms with Crippen molar-refractivity contribution >= 4 is 45.9 Å². The zero-order valence-corrected chi connectivity index (χ0v) is 32.7. The number of alkyl halides is 3. The minimum absolute atomic E-state index is 0.0137. The Labute approximate surface area is 333 Å². The van der Waals surface area contributed by atoms with Crippen LogP contribution in [0.4, 0.5) is 41.9 Å². The van der Waals surface area contributed by atoms with Gasteiger partial charge in [0.2, 0.25) is 5.91 Å². The standard InChI is InChI=1S/C41H47F3N8O4S/c1-3-37(54)47-31-20-25(8-9-33(31)52-17-16-50(23-36(52)41(42,43)44)26-12-18-56-19-13-26)46-38-40(55)49(2)21-32(48-38)27-10-14-45-39(30(27)24-53)51-15-11-29-28-6-4-5-7-34(28)57-35(29)22-51/h3,8-10,14,20-21,26,36,53H,1,4-7,11-13,15-19,22-24H2,2H3,(H,46,48)(H,47,54)/t36-/m1/s1. The number of thiophene rings is 1. The van der Waals surface area contributed by atoms with Crippen molar-refractivity contribution in [2.45, 2.75) is 76.4 Å². The van der Waals surface area contributed by atoms with E-state index in [9.17, 15) is 27.9 Å². The Kier molecular flexibility index (Phi) is 11.1. The van der Waals surface area contributed by atoms with E-state index in [2.05, 4.69) is 22.1 Å². The highest BCUT2D eigenvalue weighted by molar-refractivity contribution is 7.12. The number of anilines is 5. The molecule has 302 valence electrons. The smallest absolute Gasteiger partial charge is 0.392 e. The number of hydrogen-bond donors (Lipinski definition) is 3. The number of aliphatic hydroxyl groups excluding tert-OH is 1. The Morgan fingerprint density at radius 1 is 1.09 bits per heavy atom. The molecule has 12 nitrogen and oxygen atoms in total. The van der Waals surface area contributed by atoms with Crippen LogP contribution in [0, 0.1) is 0 Å². The molecule has 2 saturated heterocycles. The molecule has 4 aromatic rings. The zero-order chi connectivity index (χ0) is 39.8. The van der Waals surface area contributed by atoms with Gasteiger partial charge in [-0.1, -0.05) is 6.58 Å². The first-order chi connectivity index (χ1) is 27.5. The summed E-state index contributed by atoms with van der Waals surface area (Å²) in [6, 6.07) is 4.56. The van der Waals surface area contributed by atoms with E-state index < -0.39 is 23.7 Å². The fraction of sp³-hybridized carbons (Fsp3) is 0.463. The minimum atomic E-state index is -4.54. The summed E-state index contributed by atoms with van der Waals surface area (Å²) in [5.74, 6) is 0.0274. The van der Waals surface area contributed by atoms with Gasteiger partial charge < -0.3 is 34.8 Å². The number of amides is 1. The van der Waals surface area contributed by atoms with Gasteiger partial charge in [-0.25, -0.2) is 9.97 Å². The molecule has 0 spiro atoms. The fourth-order valence-corrected chi connectivity index (χ4v) is 10.3. The van der Waals surface area contributed by atoms with Gasteiger partial charge in [0.25, 0.3) is 5.56 Å². The van der Waals surface area contributed by atoms with Crippen molar-refractivity contribution in [2.75, 3.05) is 59.8 Å². The summed E-state index contributed by atoms with van der Waals surface area (Å²) in [5, 5.41) is 16.5. The van der Waals surface area contributed by atoms with Gasteiger partial charge in [0, 0.05) is 91.4 Å². The highest BCUT2D eigenvalue weighted by Gasteiger charge is 2.48. The molecule has 0 saturated carbocycles. The van der Waals surface area contributed by atoms with Crippen molar-refractivity contribution < 1.29 is 27.8 Å². The Morgan fingerprint density at radius 3 is 2.65 bits per heavy atom. The molecular weight excluding hydrogens is 758 g/mol. The summed E-state index contributed by atoms with van der Waals surface area (Å²) in [6.45, 7) is 6.04.